The van der Waals surface area contributed by atoms with E-state index in [-0.39, 0.29) is 17.8 Å². The summed E-state index contributed by atoms with van der Waals surface area (Å²) in [5.41, 5.74) is -0.0780. The molecule has 0 aromatic carbocycles. The fraction of sp³-hybridized carbons (Fsp3) is 1.00. The summed E-state index contributed by atoms with van der Waals surface area (Å²) in [5, 5.41) is 3.51. The highest BCUT2D eigenvalue weighted by Gasteiger charge is 2.49. The first kappa shape index (κ1) is 10.4. The van der Waals surface area contributed by atoms with E-state index in [2.05, 4.69) is 33.0 Å². The maximum absolute atomic E-state index is 6.14. The van der Waals surface area contributed by atoms with Crippen LogP contribution in [0.15, 0.2) is 0 Å². The Bertz CT molecular complexity index is 221. The van der Waals surface area contributed by atoms with Crippen molar-refractivity contribution in [3.8, 4) is 0 Å². The van der Waals surface area contributed by atoms with Crippen LogP contribution in [0.25, 0.3) is 0 Å². The van der Waals surface area contributed by atoms with Gasteiger partial charge >= 0.3 is 0 Å². The van der Waals surface area contributed by atoms with Crippen molar-refractivity contribution in [2.45, 2.75) is 64.1 Å². The van der Waals surface area contributed by atoms with Gasteiger partial charge in [-0.15, -0.1) is 0 Å². The summed E-state index contributed by atoms with van der Waals surface area (Å²) in [6, 6.07) is 0.448. The van der Waals surface area contributed by atoms with Gasteiger partial charge in [-0.1, -0.05) is 0 Å². The van der Waals surface area contributed by atoms with Crippen LogP contribution in [-0.4, -0.2) is 36.5 Å². The van der Waals surface area contributed by atoms with E-state index in [9.17, 15) is 0 Å². The highest BCUT2D eigenvalue weighted by atomic mass is 16.6. The van der Waals surface area contributed by atoms with Gasteiger partial charge in [-0.05, 0) is 27.7 Å². The summed E-state index contributed by atoms with van der Waals surface area (Å²) in [6.07, 6.45) is 1.82. The van der Waals surface area contributed by atoms with Crippen LogP contribution >= 0.6 is 0 Å². The van der Waals surface area contributed by atoms with Crippen LogP contribution < -0.4 is 5.32 Å². The lowest BCUT2D eigenvalue weighted by molar-refractivity contribution is -0.149. The first-order chi connectivity index (χ1) is 6.53. The van der Waals surface area contributed by atoms with Crippen molar-refractivity contribution in [3.63, 3.8) is 0 Å². The molecule has 82 valence electrons. The molecular weight excluding hydrogens is 178 g/mol. The predicted molar refractivity (Wildman–Crippen MR) is 55.4 cm³/mol. The van der Waals surface area contributed by atoms with Crippen LogP contribution in [0.5, 0.6) is 0 Å². The molecule has 2 rings (SSSR count). The van der Waals surface area contributed by atoms with Gasteiger partial charge in [0.15, 0.2) is 0 Å². The van der Waals surface area contributed by atoms with Crippen LogP contribution in [0.2, 0.25) is 0 Å². The SMILES string of the molecule is CC1CC2(CNC(C)C(C)O2)C(C)O1. The van der Waals surface area contributed by atoms with Crippen LogP contribution in [0.3, 0.4) is 0 Å². The minimum absolute atomic E-state index is 0.0780. The zero-order chi connectivity index (χ0) is 10.3. The number of morpholine rings is 1. The topological polar surface area (TPSA) is 30.5 Å². The normalized spacial score (nSPS) is 54.0. The van der Waals surface area contributed by atoms with Crippen LogP contribution in [-0.2, 0) is 9.47 Å². The zero-order valence-corrected chi connectivity index (χ0v) is 9.54. The average Bonchev–Trinajstić information content (AvgIpc) is 2.36. The van der Waals surface area contributed by atoms with E-state index in [1.807, 2.05) is 0 Å². The van der Waals surface area contributed by atoms with Crippen LogP contribution in [0.1, 0.15) is 34.1 Å². The van der Waals surface area contributed by atoms with Crippen molar-refractivity contribution in [3.05, 3.63) is 0 Å². The largest absolute Gasteiger partial charge is 0.372 e. The van der Waals surface area contributed by atoms with E-state index >= 15 is 0 Å². The minimum atomic E-state index is -0.0780. The van der Waals surface area contributed by atoms with Gasteiger partial charge < -0.3 is 14.8 Å². The fourth-order valence-corrected chi connectivity index (χ4v) is 2.55. The molecule has 0 saturated carbocycles. The maximum atomic E-state index is 6.14. The highest BCUT2D eigenvalue weighted by molar-refractivity contribution is 5.00. The molecule has 0 bridgehead atoms. The molecule has 2 aliphatic heterocycles. The van der Waals surface area contributed by atoms with E-state index in [1.54, 1.807) is 0 Å². The maximum Gasteiger partial charge on any atom is 0.109 e. The van der Waals surface area contributed by atoms with Gasteiger partial charge in [-0.25, -0.2) is 0 Å². The van der Waals surface area contributed by atoms with Crippen molar-refractivity contribution in [1.82, 2.24) is 5.32 Å². The Balaban J connectivity index is 2.10. The van der Waals surface area contributed by atoms with E-state index in [0.29, 0.717) is 12.1 Å². The van der Waals surface area contributed by atoms with E-state index in [1.165, 1.54) is 0 Å². The second-order valence-corrected chi connectivity index (χ2v) is 4.85. The van der Waals surface area contributed by atoms with Gasteiger partial charge in [0.25, 0.3) is 0 Å². The number of hydrogen-bond donors (Lipinski definition) is 1. The summed E-state index contributed by atoms with van der Waals surface area (Å²) in [7, 11) is 0. The Morgan fingerprint density at radius 3 is 2.43 bits per heavy atom. The van der Waals surface area contributed by atoms with Gasteiger partial charge in [0.1, 0.15) is 5.60 Å². The molecule has 2 saturated heterocycles. The molecule has 3 heteroatoms. The molecule has 2 aliphatic rings. The lowest BCUT2D eigenvalue weighted by atomic mass is 9.91. The number of ether oxygens (including phenoxy) is 2. The third kappa shape index (κ3) is 1.58. The lowest BCUT2D eigenvalue weighted by Gasteiger charge is -2.43. The molecule has 2 fully saturated rings. The van der Waals surface area contributed by atoms with Crippen molar-refractivity contribution >= 4 is 0 Å². The molecule has 1 N–H and O–H groups in total. The Morgan fingerprint density at radius 2 is 1.93 bits per heavy atom. The van der Waals surface area contributed by atoms with Gasteiger partial charge in [0, 0.05) is 19.0 Å². The van der Waals surface area contributed by atoms with Gasteiger partial charge in [0.05, 0.1) is 18.3 Å². The number of rotatable bonds is 0. The van der Waals surface area contributed by atoms with Crippen LogP contribution in [0, 0.1) is 0 Å². The van der Waals surface area contributed by atoms with E-state index in [4.69, 9.17) is 9.47 Å². The van der Waals surface area contributed by atoms with Gasteiger partial charge in [0.2, 0.25) is 0 Å². The Morgan fingerprint density at radius 1 is 1.21 bits per heavy atom. The molecule has 0 radical (unpaired) electrons. The Hall–Kier alpha value is -0.120. The molecule has 0 amide bonds. The van der Waals surface area contributed by atoms with Crippen LogP contribution in [0.4, 0.5) is 0 Å². The highest BCUT2D eigenvalue weighted by Crippen LogP contribution is 2.36. The summed E-state index contributed by atoms with van der Waals surface area (Å²) in [4.78, 5) is 0. The monoisotopic (exact) mass is 199 g/mol. The molecule has 0 aliphatic carbocycles. The lowest BCUT2D eigenvalue weighted by Crippen LogP contribution is -2.60. The number of nitrogens with one attached hydrogen (secondary N) is 1. The van der Waals surface area contributed by atoms with Crippen molar-refractivity contribution in [2.75, 3.05) is 6.54 Å². The molecule has 1 spiro atoms. The van der Waals surface area contributed by atoms with Crippen molar-refractivity contribution in [2.24, 2.45) is 0 Å². The van der Waals surface area contributed by atoms with Crippen molar-refractivity contribution in [1.29, 1.82) is 0 Å². The fourth-order valence-electron chi connectivity index (χ4n) is 2.55. The predicted octanol–water partition coefficient (Wildman–Crippen LogP) is 1.32. The molecule has 3 nitrogen and oxygen atoms in total. The molecule has 0 aromatic rings. The number of hydrogen-bond acceptors (Lipinski definition) is 3. The van der Waals surface area contributed by atoms with Gasteiger partial charge in [-0.3, -0.25) is 0 Å². The molecule has 0 aromatic heterocycles. The zero-order valence-electron chi connectivity index (χ0n) is 9.54. The van der Waals surface area contributed by atoms with E-state index in [0.717, 1.165) is 13.0 Å². The molecule has 5 unspecified atom stereocenters. The van der Waals surface area contributed by atoms with E-state index < -0.39 is 0 Å². The summed E-state index contributed by atoms with van der Waals surface area (Å²) in [6.45, 7) is 9.46. The summed E-state index contributed by atoms with van der Waals surface area (Å²) >= 11 is 0. The third-order valence-electron chi connectivity index (χ3n) is 3.66. The minimum Gasteiger partial charge on any atom is -0.372 e. The molecule has 5 atom stereocenters. The van der Waals surface area contributed by atoms with Crippen molar-refractivity contribution < 1.29 is 9.47 Å². The second-order valence-electron chi connectivity index (χ2n) is 4.85. The smallest absolute Gasteiger partial charge is 0.109 e. The third-order valence-corrected chi connectivity index (χ3v) is 3.66. The summed E-state index contributed by atoms with van der Waals surface area (Å²) < 4.78 is 11.9. The van der Waals surface area contributed by atoms with Gasteiger partial charge in [-0.2, -0.15) is 0 Å². The average molecular weight is 199 g/mol. The quantitative estimate of drug-likeness (QED) is 0.638. The Labute approximate surface area is 86.2 Å². The summed E-state index contributed by atoms with van der Waals surface area (Å²) in [5.74, 6) is 0. The Kier molecular flexibility index (Phi) is 2.58. The second kappa shape index (κ2) is 3.47. The molecular formula is C11H21NO2. The standard InChI is InChI=1S/C11H21NO2/c1-7-5-11(10(4)13-7)6-12-8(2)9(3)14-11/h7-10,12H,5-6H2,1-4H3. The first-order valence-electron chi connectivity index (χ1n) is 5.60. The first-order valence-corrected chi connectivity index (χ1v) is 5.60. The molecule has 14 heavy (non-hydrogen) atoms. The molecule has 2 heterocycles.